The number of aliphatic hydroxyl groups is 1. The number of piperidine rings is 1. The van der Waals surface area contributed by atoms with E-state index >= 15 is 0 Å². The van der Waals surface area contributed by atoms with E-state index in [1.807, 2.05) is 6.92 Å². The minimum atomic E-state index is -0.193. The van der Waals surface area contributed by atoms with E-state index in [-0.39, 0.29) is 30.4 Å². The highest BCUT2D eigenvalue weighted by Crippen LogP contribution is 2.20. The van der Waals surface area contributed by atoms with Crippen molar-refractivity contribution in [3.05, 3.63) is 34.9 Å². The van der Waals surface area contributed by atoms with Crippen molar-refractivity contribution in [2.45, 2.75) is 32.2 Å². The summed E-state index contributed by atoms with van der Waals surface area (Å²) in [6.07, 6.45) is 2.12. The second-order valence-electron chi connectivity index (χ2n) is 6.02. The van der Waals surface area contributed by atoms with Crippen LogP contribution in [0.2, 0.25) is 5.02 Å². The maximum Gasteiger partial charge on any atom is 0.253 e. The summed E-state index contributed by atoms with van der Waals surface area (Å²) in [6.45, 7) is 3.01. The van der Waals surface area contributed by atoms with Gasteiger partial charge in [0.05, 0.1) is 5.92 Å². The Balaban J connectivity index is 1.96. The van der Waals surface area contributed by atoms with Gasteiger partial charge in [-0.15, -0.1) is 0 Å². The van der Waals surface area contributed by atoms with Gasteiger partial charge in [-0.1, -0.05) is 11.6 Å². The molecule has 1 aliphatic heterocycles. The summed E-state index contributed by atoms with van der Waals surface area (Å²) in [5, 5.41) is 12.4. The van der Waals surface area contributed by atoms with Crippen LogP contribution in [0.25, 0.3) is 0 Å². The van der Waals surface area contributed by atoms with Gasteiger partial charge in [0, 0.05) is 36.3 Å². The molecule has 23 heavy (non-hydrogen) atoms. The van der Waals surface area contributed by atoms with Gasteiger partial charge in [0.15, 0.2) is 0 Å². The maximum atomic E-state index is 12.5. The van der Waals surface area contributed by atoms with Gasteiger partial charge in [0.1, 0.15) is 0 Å². The van der Waals surface area contributed by atoms with Crippen molar-refractivity contribution in [2.75, 3.05) is 19.7 Å². The van der Waals surface area contributed by atoms with E-state index in [4.69, 9.17) is 16.7 Å². The second kappa shape index (κ2) is 8.31. The number of halogens is 1. The predicted octanol–water partition coefficient (Wildman–Crippen LogP) is 2.08. The number of nitrogens with one attached hydrogen (secondary N) is 1. The van der Waals surface area contributed by atoms with E-state index in [9.17, 15) is 9.59 Å². The van der Waals surface area contributed by atoms with E-state index in [1.165, 1.54) is 0 Å². The summed E-state index contributed by atoms with van der Waals surface area (Å²) >= 11 is 5.85. The van der Waals surface area contributed by atoms with Crippen molar-refractivity contribution in [1.82, 2.24) is 10.2 Å². The van der Waals surface area contributed by atoms with Crippen LogP contribution in [0.3, 0.4) is 0 Å². The average Bonchev–Trinajstić information content (AvgIpc) is 2.55. The molecule has 1 aliphatic rings. The van der Waals surface area contributed by atoms with Crippen LogP contribution in [0.4, 0.5) is 0 Å². The quantitative estimate of drug-likeness (QED) is 0.863. The molecular weight excluding hydrogens is 316 g/mol. The summed E-state index contributed by atoms with van der Waals surface area (Å²) in [7, 11) is 0. The molecule has 0 saturated carbocycles. The van der Waals surface area contributed by atoms with Crippen LogP contribution in [0.15, 0.2) is 24.3 Å². The van der Waals surface area contributed by atoms with Gasteiger partial charge in [-0.2, -0.15) is 0 Å². The minimum Gasteiger partial charge on any atom is -0.396 e. The lowest BCUT2D eigenvalue weighted by Crippen LogP contribution is -2.47. The van der Waals surface area contributed by atoms with E-state index < -0.39 is 0 Å². The molecule has 1 unspecified atom stereocenters. The molecule has 0 aromatic heterocycles. The first-order valence-corrected chi connectivity index (χ1v) is 8.35. The van der Waals surface area contributed by atoms with Crippen LogP contribution in [0.5, 0.6) is 0 Å². The molecule has 1 fully saturated rings. The SMILES string of the molecule is C[C@H](CCO)NC(=O)C1CCCN(C(=O)c2ccc(Cl)cc2)C1. The zero-order valence-corrected chi connectivity index (χ0v) is 14.1. The van der Waals surface area contributed by atoms with E-state index in [0.29, 0.717) is 30.1 Å². The molecule has 6 heteroatoms. The third-order valence-corrected chi connectivity index (χ3v) is 4.37. The summed E-state index contributed by atoms with van der Waals surface area (Å²) < 4.78 is 0. The smallest absolute Gasteiger partial charge is 0.253 e. The van der Waals surface area contributed by atoms with Crippen LogP contribution in [0.1, 0.15) is 36.5 Å². The number of likely N-dealkylation sites (tertiary alicyclic amines) is 1. The normalized spacial score (nSPS) is 19.3. The molecular formula is C17H23ClN2O3. The minimum absolute atomic E-state index is 0.0421. The maximum absolute atomic E-state index is 12.5. The summed E-state index contributed by atoms with van der Waals surface area (Å²) in [6, 6.07) is 6.74. The molecule has 2 rings (SSSR count). The van der Waals surface area contributed by atoms with Crippen molar-refractivity contribution in [3.63, 3.8) is 0 Å². The molecule has 1 aromatic rings. The van der Waals surface area contributed by atoms with Crippen molar-refractivity contribution < 1.29 is 14.7 Å². The highest BCUT2D eigenvalue weighted by Gasteiger charge is 2.29. The lowest BCUT2D eigenvalue weighted by Gasteiger charge is -2.32. The predicted molar refractivity (Wildman–Crippen MR) is 89.4 cm³/mol. The fourth-order valence-electron chi connectivity index (χ4n) is 2.78. The van der Waals surface area contributed by atoms with Crippen molar-refractivity contribution in [2.24, 2.45) is 5.92 Å². The standard InChI is InChI=1S/C17H23ClN2O3/c1-12(8-10-21)19-16(22)14-3-2-9-20(11-14)17(23)13-4-6-15(18)7-5-13/h4-7,12,14,21H,2-3,8-11H2,1H3,(H,19,22)/t12-,14?/m1/s1. The summed E-state index contributed by atoms with van der Waals surface area (Å²) in [5.41, 5.74) is 0.587. The molecule has 0 aliphatic carbocycles. The summed E-state index contributed by atoms with van der Waals surface area (Å²) in [5.74, 6) is -0.303. The number of amides is 2. The Labute approximate surface area is 141 Å². The molecule has 1 aromatic carbocycles. The number of hydrogen-bond acceptors (Lipinski definition) is 3. The number of rotatable bonds is 5. The fourth-order valence-corrected chi connectivity index (χ4v) is 2.90. The van der Waals surface area contributed by atoms with Gasteiger partial charge in [-0.3, -0.25) is 9.59 Å². The topological polar surface area (TPSA) is 69.6 Å². The highest BCUT2D eigenvalue weighted by atomic mass is 35.5. The highest BCUT2D eigenvalue weighted by molar-refractivity contribution is 6.30. The Morgan fingerprint density at radius 2 is 2.09 bits per heavy atom. The second-order valence-corrected chi connectivity index (χ2v) is 6.46. The fraction of sp³-hybridized carbons (Fsp3) is 0.529. The Morgan fingerprint density at radius 1 is 1.39 bits per heavy atom. The first kappa shape index (κ1) is 17.8. The molecule has 1 heterocycles. The Bertz CT molecular complexity index is 547. The Kier molecular flexibility index (Phi) is 6.42. The number of nitrogens with zero attached hydrogens (tertiary/aromatic N) is 1. The van der Waals surface area contributed by atoms with E-state index in [0.717, 1.165) is 12.8 Å². The van der Waals surface area contributed by atoms with Crippen LogP contribution in [-0.2, 0) is 4.79 Å². The molecule has 2 N–H and O–H groups in total. The molecule has 1 saturated heterocycles. The van der Waals surface area contributed by atoms with E-state index in [2.05, 4.69) is 5.32 Å². The first-order chi connectivity index (χ1) is 11.0. The third kappa shape index (κ3) is 4.94. The zero-order chi connectivity index (χ0) is 16.8. The third-order valence-electron chi connectivity index (χ3n) is 4.12. The molecule has 2 amide bonds. The van der Waals surface area contributed by atoms with Gasteiger partial charge in [0.2, 0.25) is 5.91 Å². The molecule has 0 radical (unpaired) electrons. The van der Waals surface area contributed by atoms with Crippen LogP contribution >= 0.6 is 11.6 Å². The monoisotopic (exact) mass is 338 g/mol. The lowest BCUT2D eigenvalue weighted by molar-refractivity contribution is -0.127. The van der Waals surface area contributed by atoms with Gasteiger partial charge in [-0.05, 0) is 50.5 Å². The Hall–Kier alpha value is -1.59. The molecule has 0 spiro atoms. The Morgan fingerprint density at radius 3 is 2.74 bits per heavy atom. The molecule has 2 atom stereocenters. The van der Waals surface area contributed by atoms with Crippen LogP contribution < -0.4 is 5.32 Å². The lowest BCUT2D eigenvalue weighted by atomic mass is 9.96. The van der Waals surface area contributed by atoms with Crippen molar-refractivity contribution >= 4 is 23.4 Å². The molecule has 0 bridgehead atoms. The molecule has 5 nitrogen and oxygen atoms in total. The number of hydrogen-bond donors (Lipinski definition) is 2. The first-order valence-electron chi connectivity index (χ1n) is 7.97. The average molecular weight is 339 g/mol. The summed E-state index contributed by atoms with van der Waals surface area (Å²) in [4.78, 5) is 26.5. The number of carbonyl (C=O) groups excluding carboxylic acids is 2. The van der Waals surface area contributed by atoms with Gasteiger partial charge in [0.25, 0.3) is 5.91 Å². The molecule has 126 valence electrons. The number of aliphatic hydroxyl groups excluding tert-OH is 1. The van der Waals surface area contributed by atoms with Crippen LogP contribution in [-0.4, -0.2) is 47.6 Å². The van der Waals surface area contributed by atoms with Crippen molar-refractivity contribution in [3.8, 4) is 0 Å². The van der Waals surface area contributed by atoms with Crippen molar-refractivity contribution in [1.29, 1.82) is 0 Å². The van der Waals surface area contributed by atoms with Gasteiger partial charge >= 0.3 is 0 Å². The zero-order valence-electron chi connectivity index (χ0n) is 13.3. The van der Waals surface area contributed by atoms with Crippen LogP contribution in [0, 0.1) is 5.92 Å². The van der Waals surface area contributed by atoms with E-state index in [1.54, 1.807) is 29.2 Å². The van der Waals surface area contributed by atoms with Gasteiger partial charge < -0.3 is 15.3 Å². The number of benzene rings is 1. The largest absolute Gasteiger partial charge is 0.396 e. The van der Waals surface area contributed by atoms with Gasteiger partial charge in [-0.25, -0.2) is 0 Å². The number of carbonyl (C=O) groups is 2.